The zero-order chi connectivity index (χ0) is 54.7. The minimum absolute atomic E-state index is 0.0562. The van der Waals surface area contributed by atoms with E-state index < -0.39 is 20.9 Å². The van der Waals surface area contributed by atoms with Gasteiger partial charge < -0.3 is 34.1 Å². The number of ether oxygens (including phenoxy) is 4. The third-order valence-electron chi connectivity index (χ3n) is 13.7. The molecule has 2 aliphatic heterocycles. The maximum atomic E-state index is 12.4. The summed E-state index contributed by atoms with van der Waals surface area (Å²) < 4.78 is 51.4. The van der Waals surface area contributed by atoms with E-state index in [0.29, 0.717) is 82.5 Å². The lowest BCUT2D eigenvalue weighted by Gasteiger charge is -2.41. The molecule has 0 saturated carbocycles. The molecular formula is C55H59Cl4N11O6S. The fraction of sp³-hybridized carbons (Fsp3) is 0.382. The van der Waals surface area contributed by atoms with Crippen molar-refractivity contribution >= 4 is 74.0 Å². The number of halogens is 4. The van der Waals surface area contributed by atoms with E-state index in [4.69, 9.17) is 70.3 Å². The van der Waals surface area contributed by atoms with Crippen LogP contribution >= 0.6 is 46.4 Å². The third-order valence-corrected chi connectivity index (χ3v) is 15.1. The van der Waals surface area contributed by atoms with Crippen LogP contribution in [0.1, 0.15) is 65.3 Å². The van der Waals surface area contributed by atoms with Crippen LogP contribution in [0.15, 0.2) is 91.5 Å². The average Bonchev–Trinajstić information content (AvgIpc) is 3.43. The Kier molecular flexibility index (Phi) is 18.8. The molecule has 2 fully saturated rings. The van der Waals surface area contributed by atoms with Gasteiger partial charge in [0, 0.05) is 82.1 Å². The zero-order valence-electron chi connectivity index (χ0n) is 43.2. The number of nitrogens with one attached hydrogen (secondary N) is 2. The molecule has 22 heteroatoms. The maximum Gasteiger partial charge on any atom is 0.238 e. The average molecular weight is 1140 g/mol. The number of anilines is 3. The van der Waals surface area contributed by atoms with Gasteiger partial charge in [-0.2, -0.15) is 15.5 Å². The summed E-state index contributed by atoms with van der Waals surface area (Å²) in [4.78, 5) is 24.6. The Bertz CT molecular complexity index is 3220. The number of alkyl halides is 2. The van der Waals surface area contributed by atoms with Crippen molar-refractivity contribution in [1.82, 2.24) is 30.2 Å². The van der Waals surface area contributed by atoms with Gasteiger partial charge in [0.1, 0.15) is 68.0 Å². The van der Waals surface area contributed by atoms with Crippen LogP contribution in [0.3, 0.4) is 0 Å². The highest BCUT2D eigenvalue weighted by Crippen LogP contribution is 2.42. The highest BCUT2D eigenvalue weighted by atomic mass is 35.5. The summed E-state index contributed by atoms with van der Waals surface area (Å²) >= 11 is 25.3. The number of rotatable bonds is 22. The molecule has 6 aromatic rings. The summed E-state index contributed by atoms with van der Waals surface area (Å²) in [6, 6.07) is 27.4. The summed E-state index contributed by atoms with van der Waals surface area (Å²) in [6.45, 7) is 13.2. The van der Waals surface area contributed by atoms with Crippen molar-refractivity contribution in [1.29, 1.82) is 10.5 Å². The number of nitriles is 2. The second-order valence-electron chi connectivity index (χ2n) is 19.3. The fourth-order valence-corrected chi connectivity index (χ4v) is 10.6. The summed E-state index contributed by atoms with van der Waals surface area (Å²) in [6.07, 6.45) is 6.00. The molecule has 2 saturated heterocycles. The molecule has 1 atom stereocenters. The summed E-state index contributed by atoms with van der Waals surface area (Å²) in [5, 5.41) is 24.3. The molecule has 0 radical (unpaired) electrons. The number of sulfonamides is 1. The number of nitrogens with zero attached hydrogens (tertiary/aromatic N) is 9. The fourth-order valence-electron chi connectivity index (χ4n) is 9.50. The van der Waals surface area contributed by atoms with Gasteiger partial charge in [0.15, 0.2) is 11.5 Å². The second-order valence-corrected chi connectivity index (χ2v) is 22.7. The predicted octanol–water partition coefficient (Wildman–Crippen LogP) is 8.95. The molecule has 2 N–H and O–H groups in total. The number of aromatic nitrogens is 4. The van der Waals surface area contributed by atoms with Crippen molar-refractivity contribution in [2.75, 3.05) is 105 Å². The standard InChI is InChI=1S/C55H59Cl4N11O6S/c1-54(2,43-25-37(29-60)49(47(58)27-43)73-23-13-56)41-5-9-45(10-6-41)76-34-40-32-64-53(67-77(4,71)72)66-52(40)70-21-19-68(20-22-70)35-55(3,44-26-38(30-61)50(48(59)28-44)74-24-14-57)42-7-11-46(12-8-42)75-33-39-31-63-36-65-51(39)69-17-15-62-16-18-69/h5-12,25-28,31-32,36,62H,13-24,33-35H2,1-4H3,(H,64,66,67). The van der Waals surface area contributed by atoms with Crippen LogP contribution in [0.25, 0.3) is 0 Å². The minimum Gasteiger partial charge on any atom is -0.489 e. The van der Waals surface area contributed by atoms with Gasteiger partial charge >= 0.3 is 0 Å². The first-order chi connectivity index (χ1) is 37.0. The molecule has 8 rings (SSSR count). The molecule has 2 aromatic heterocycles. The molecule has 77 heavy (non-hydrogen) atoms. The van der Waals surface area contributed by atoms with E-state index in [2.05, 4.69) is 58.8 Å². The minimum atomic E-state index is -3.69. The normalized spacial score (nSPS) is 15.0. The molecule has 2 aliphatic rings. The molecule has 0 spiro atoms. The van der Waals surface area contributed by atoms with E-state index in [1.807, 2.05) is 74.5 Å². The monoisotopic (exact) mass is 1140 g/mol. The van der Waals surface area contributed by atoms with Crippen LogP contribution in [0.5, 0.6) is 23.0 Å². The van der Waals surface area contributed by atoms with Gasteiger partial charge in [0.25, 0.3) is 0 Å². The predicted molar refractivity (Wildman–Crippen MR) is 301 cm³/mol. The van der Waals surface area contributed by atoms with Crippen LogP contribution in [0, 0.1) is 22.7 Å². The highest BCUT2D eigenvalue weighted by molar-refractivity contribution is 7.92. The topological polar surface area (TPSA) is 204 Å². The molecule has 1 unspecified atom stereocenters. The zero-order valence-corrected chi connectivity index (χ0v) is 47.0. The SMILES string of the molecule is CC(C)(c1ccc(OCc2cnc(NS(C)(=O)=O)nc2N2CCN(CC(C)(c3ccc(OCc4cncnc4N4CCNCC4)cc3)c3cc(Cl)c(OCCCl)c(C#N)c3)CC2)cc1)c1cc(Cl)c(OCCCl)c(C#N)c1. The van der Waals surface area contributed by atoms with Crippen LogP contribution < -0.4 is 38.8 Å². The molecule has 0 bridgehead atoms. The van der Waals surface area contributed by atoms with E-state index in [-0.39, 0.29) is 49.9 Å². The van der Waals surface area contributed by atoms with Crippen molar-refractivity contribution in [3.63, 3.8) is 0 Å². The summed E-state index contributed by atoms with van der Waals surface area (Å²) in [7, 11) is -3.69. The van der Waals surface area contributed by atoms with Crippen molar-refractivity contribution in [3.8, 4) is 35.1 Å². The third kappa shape index (κ3) is 13.9. The van der Waals surface area contributed by atoms with Crippen molar-refractivity contribution in [3.05, 3.63) is 146 Å². The molecular weight excluding hydrogens is 1080 g/mol. The lowest BCUT2D eigenvalue weighted by atomic mass is 9.75. The van der Waals surface area contributed by atoms with Gasteiger partial charge in [-0.25, -0.2) is 23.4 Å². The Hall–Kier alpha value is -6.35. The van der Waals surface area contributed by atoms with Crippen LogP contribution in [0.4, 0.5) is 17.6 Å². The number of piperazine rings is 2. The first-order valence-corrected chi connectivity index (χ1v) is 28.6. The second kappa shape index (κ2) is 25.4. The van der Waals surface area contributed by atoms with Crippen LogP contribution in [-0.2, 0) is 34.1 Å². The quantitative estimate of drug-likeness (QED) is 0.0609. The van der Waals surface area contributed by atoms with Gasteiger partial charge in [-0.05, 0) is 70.8 Å². The summed E-state index contributed by atoms with van der Waals surface area (Å²) in [5.74, 6) is 3.68. The van der Waals surface area contributed by atoms with Gasteiger partial charge in [-0.3, -0.25) is 9.62 Å². The first kappa shape index (κ1) is 56.8. The molecule has 4 aromatic carbocycles. The lowest BCUT2D eigenvalue weighted by molar-refractivity contribution is 0.219. The first-order valence-electron chi connectivity index (χ1n) is 24.9. The van der Waals surface area contributed by atoms with Crippen LogP contribution in [-0.4, -0.2) is 123 Å². The number of hydrogen-bond donors (Lipinski definition) is 2. The molecule has 4 heterocycles. The molecule has 17 nitrogen and oxygen atoms in total. The Balaban J connectivity index is 1.00. The van der Waals surface area contributed by atoms with Gasteiger partial charge in [0.2, 0.25) is 16.0 Å². The van der Waals surface area contributed by atoms with E-state index in [1.54, 1.807) is 30.9 Å². The van der Waals surface area contributed by atoms with Crippen molar-refractivity contribution in [2.24, 2.45) is 0 Å². The van der Waals surface area contributed by atoms with Gasteiger partial charge in [-0.1, -0.05) is 68.2 Å². The largest absolute Gasteiger partial charge is 0.489 e. The molecule has 404 valence electrons. The van der Waals surface area contributed by atoms with E-state index in [0.717, 1.165) is 66.1 Å². The number of benzene rings is 4. The lowest BCUT2D eigenvalue weighted by Crippen LogP contribution is -2.51. The number of hydrogen-bond acceptors (Lipinski definition) is 16. The molecule has 0 aliphatic carbocycles. The maximum absolute atomic E-state index is 12.4. The van der Waals surface area contributed by atoms with Gasteiger partial charge in [0.05, 0.1) is 50.3 Å². The summed E-state index contributed by atoms with van der Waals surface area (Å²) in [5.41, 5.74) is 4.48. The van der Waals surface area contributed by atoms with E-state index in [1.165, 1.54) is 0 Å². The Morgan fingerprint density at radius 3 is 1.77 bits per heavy atom. The van der Waals surface area contributed by atoms with E-state index >= 15 is 0 Å². The van der Waals surface area contributed by atoms with Crippen molar-refractivity contribution < 1.29 is 27.4 Å². The van der Waals surface area contributed by atoms with Gasteiger partial charge in [-0.15, -0.1) is 23.2 Å². The Morgan fingerprint density at radius 1 is 0.675 bits per heavy atom. The highest BCUT2D eigenvalue weighted by Gasteiger charge is 2.35. The van der Waals surface area contributed by atoms with Crippen LogP contribution in [0.2, 0.25) is 10.0 Å². The smallest absolute Gasteiger partial charge is 0.238 e. The Morgan fingerprint density at radius 2 is 1.21 bits per heavy atom. The Labute approximate surface area is 470 Å². The molecule has 0 amide bonds. The van der Waals surface area contributed by atoms with Crippen molar-refractivity contribution in [2.45, 2.75) is 44.8 Å². The van der Waals surface area contributed by atoms with E-state index in [9.17, 15) is 18.9 Å².